The molecular weight excluding hydrogens is 436 g/mol. The summed E-state index contributed by atoms with van der Waals surface area (Å²) in [6.45, 7) is 0.950. The van der Waals surface area contributed by atoms with Crippen molar-refractivity contribution in [2.24, 2.45) is 5.92 Å². The molecule has 1 N–H and O–H groups in total. The van der Waals surface area contributed by atoms with Crippen LogP contribution in [0.4, 0.5) is 0 Å². The predicted molar refractivity (Wildman–Crippen MR) is 128 cm³/mol. The van der Waals surface area contributed by atoms with Crippen molar-refractivity contribution in [3.05, 3.63) is 17.7 Å². The van der Waals surface area contributed by atoms with Gasteiger partial charge in [0.25, 0.3) is 5.91 Å². The molecule has 2 fully saturated rings. The van der Waals surface area contributed by atoms with E-state index in [9.17, 15) is 14.4 Å². The van der Waals surface area contributed by atoms with Crippen molar-refractivity contribution in [2.45, 2.75) is 70.3 Å². The van der Waals surface area contributed by atoms with Gasteiger partial charge in [0.1, 0.15) is 6.04 Å². The molecule has 2 amide bonds. The number of benzene rings is 1. The molecule has 0 bridgehead atoms. The highest BCUT2D eigenvalue weighted by Gasteiger charge is 2.37. The molecule has 1 saturated heterocycles. The molecule has 188 valence electrons. The maximum absolute atomic E-state index is 13.0. The van der Waals surface area contributed by atoms with Crippen LogP contribution >= 0.6 is 0 Å². The molecule has 2 aliphatic rings. The van der Waals surface area contributed by atoms with Crippen molar-refractivity contribution in [1.82, 2.24) is 10.2 Å². The molecule has 1 atom stereocenters. The number of piperidine rings is 1. The monoisotopic (exact) mass is 474 g/mol. The van der Waals surface area contributed by atoms with Crippen molar-refractivity contribution in [3.63, 3.8) is 0 Å². The van der Waals surface area contributed by atoms with Gasteiger partial charge in [-0.25, -0.2) is 0 Å². The predicted octanol–water partition coefficient (Wildman–Crippen LogP) is 3.29. The number of methoxy groups -OCH3 is 3. The Balaban J connectivity index is 1.54. The molecule has 0 unspecified atom stereocenters. The number of rotatable bonds is 10. The first-order valence-corrected chi connectivity index (χ1v) is 12.4. The van der Waals surface area contributed by atoms with E-state index in [4.69, 9.17) is 14.2 Å². The Morgan fingerprint density at radius 3 is 2.18 bits per heavy atom. The third kappa shape index (κ3) is 6.21. The van der Waals surface area contributed by atoms with Crippen LogP contribution in [0.1, 0.15) is 63.4 Å². The summed E-state index contributed by atoms with van der Waals surface area (Å²) in [6, 6.07) is 3.25. The number of nitrogens with zero attached hydrogens (tertiary/aromatic N) is 1. The lowest BCUT2D eigenvalue weighted by atomic mass is 9.85. The average molecular weight is 475 g/mol. The number of ketones is 1. The Labute approximate surface area is 202 Å². The third-order valence-corrected chi connectivity index (χ3v) is 6.92. The number of amides is 2. The smallest absolute Gasteiger partial charge is 0.290 e. The maximum Gasteiger partial charge on any atom is 0.290 e. The van der Waals surface area contributed by atoms with Crippen LogP contribution in [0.15, 0.2) is 12.1 Å². The van der Waals surface area contributed by atoms with Gasteiger partial charge in [0.15, 0.2) is 11.5 Å². The lowest BCUT2D eigenvalue weighted by Crippen LogP contribution is -2.54. The van der Waals surface area contributed by atoms with Gasteiger partial charge in [-0.05, 0) is 62.6 Å². The van der Waals surface area contributed by atoms with Gasteiger partial charge in [0.2, 0.25) is 17.4 Å². The number of Topliss-reactive ketones (excluding diaryl/α,β-unsaturated/α-hetero) is 1. The molecule has 0 radical (unpaired) electrons. The molecule has 8 nitrogen and oxygen atoms in total. The van der Waals surface area contributed by atoms with E-state index in [2.05, 4.69) is 5.32 Å². The molecule has 1 aromatic rings. The zero-order valence-electron chi connectivity index (χ0n) is 20.7. The van der Waals surface area contributed by atoms with Crippen LogP contribution in [-0.4, -0.2) is 63.0 Å². The van der Waals surface area contributed by atoms with Crippen molar-refractivity contribution in [1.29, 1.82) is 0 Å². The number of hydrogen-bond donors (Lipinski definition) is 1. The number of ether oxygens (including phenoxy) is 3. The highest BCUT2D eigenvalue weighted by atomic mass is 16.5. The molecular formula is C26H38N2O6. The van der Waals surface area contributed by atoms with Crippen LogP contribution in [0.2, 0.25) is 0 Å². The normalized spacial score (nSPS) is 18.8. The lowest BCUT2D eigenvalue weighted by molar-refractivity contribution is -0.152. The number of hydrogen-bond acceptors (Lipinski definition) is 6. The first-order chi connectivity index (χ1) is 16.5. The Bertz CT molecular complexity index is 840. The minimum absolute atomic E-state index is 0.172. The van der Waals surface area contributed by atoms with E-state index >= 15 is 0 Å². The van der Waals surface area contributed by atoms with Gasteiger partial charge in [-0.2, -0.15) is 0 Å². The average Bonchev–Trinajstić information content (AvgIpc) is 2.89. The van der Waals surface area contributed by atoms with Crippen LogP contribution in [0.25, 0.3) is 0 Å². The van der Waals surface area contributed by atoms with Crippen LogP contribution in [0.3, 0.4) is 0 Å². The second kappa shape index (κ2) is 12.6. The quantitative estimate of drug-likeness (QED) is 0.413. The van der Waals surface area contributed by atoms with Gasteiger partial charge >= 0.3 is 0 Å². The molecule has 1 saturated carbocycles. The lowest BCUT2D eigenvalue weighted by Gasteiger charge is -2.35. The second-order valence-corrected chi connectivity index (χ2v) is 9.14. The van der Waals surface area contributed by atoms with E-state index in [1.54, 1.807) is 21.3 Å². The molecule has 1 aliphatic carbocycles. The maximum atomic E-state index is 13.0. The van der Waals surface area contributed by atoms with Gasteiger partial charge in [0, 0.05) is 19.0 Å². The fraction of sp³-hybridized carbons (Fsp3) is 0.654. The summed E-state index contributed by atoms with van der Waals surface area (Å²) in [6.07, 6.45) is 8.44. The van der Waals surface area contributed by atoms with Gasteiger partial charge in [-0.3, -0.25) is 14.4 Å². The fourth-order valence-electron chi connectivity index (χ4n) is 5.03. The summed E-state index contributed by atoms with van der Waals surface area (Å²) in [7, 11) is 4.73. The largest absolute Gasteiger partial charge is 0.493 e. The van der Waals surface area contributed by atoms with E-state index < -0.39 is 11.9 Å². The van der Waals surface area contributed by atoms with Crippen molar-refractivity contribution < 1.29 is 28.6 Å². The van der Waals surface area contributed by atoms with E-state index in [-0.39, 0.29) is 17.6 Å². The summed E-state index contributed by atoms with van der Waals surface area (Å²) in [5.41, 5.74) is 1.01. The number of likely N-dealkylation sites (tertiary alicyclic amines) is 1. The zero-order valence-corrected chi connectivity index (χ0v) is 20.7. The van der Waals surface area contributed by atoms with E-state index in [0.717, 1.165) is 50.5 Å². The Morgan fingerprint density at radius 1 is 0.912 bits per heavy atom. The Hall–Kier alpha value is -2.77. The number of nitrogens with one attached hydrogen (secondary N) is 1. The van der Waals surface area contributed by atoms with Crippen molar-refractivity contribution in [2.75, 3.05) is 34.4 Å². The molecule has 3 rings (SSSR count). The number of aryl methyl sites for hydroxylation is 1. The van der Waals surface area contributed by atoms with Crippen LogP contribution in [-0.2, 0) is 20.8 Å². The molecule has 34 heavy (non-hydrogen) atoms. The standard InChI is InChI=1S/C26H38N2O6/c1-32-21-16-18(17-22(33-2)24(21)34-3)10-9-14-27-25(30)20-13-7-8-15-28(20)26(31)23(29)19-11-5-4-6-12-19/h16-17,19-20H,4-15H2,1-3H3,(H,27,30)/t20-/m0/s1. The minimum atomic E-state index is -0.560. The summed E-state index contributed by atoms with van der Waals surface area (Å²) in [5.74, 6) is 0.623. The Kier molecular flexibility index (Phi) is 9.60. The third-order valence-electron chi connectivity index (χ3n) is 6.92. The van der Waals surface area contributed by atoms with Crippen LogP contribution in [0.5, 0.6) is 17.2 Å². The van der Waals surface area contributed by atoms with E-state index in [0.29, 0.717) is 49.6 Å². The van der Waals surface area contributed by atoms with E-state index in [1.807, 2.05) is 12.1 Å². The van der Waals surface area contributed by atoms with Crippen LogP contribution in [0, 0.1) is 5.92 Å². The van der Waals surface area contributed by atoms with Gasteiger partial charge < -0.3 is 24.4 Å². The fourth-order valence-corrected chi connectivity index (χ4v) is 5.03. The highest BCUT2D eigenvalue weighted by molar-refractivity contribution is 6.37. The molecule has 1 aliphatic heterocycles. The first kappa shape index (κ1) is 25.8. The summed E-state index contributed by atoms with van der Waals surface area (Å²) >= 11 is 0. The molecule has 1 aromatic carbocycles. The molecule has 8 heteroatoms. The molecule has 1 heterocycles. The highest BCUT2D eigenvalue weighted by Crippen LogP contribution is 2.38. The molecule has 0 spiro atoms. The molecule has 0 aromatic heterocycles. The van der Waals surface area contributed by atoms with Crippen LogP contribution < -0.4 is 19.5 Å². The first-order valence-electron chi connectivity index (χ1n) is 12.4. The van der Waals surface area contributed by atoms with Gasteiger partial charge in [-0.15, -0.1) is 0 Å². The van der Waals surface area contributed by atoms with E-state index in [1.165, 1.54) is 4.90 Å². The van der Waals surface area contributed by atoms with Crippen molar-refractivity contribution in [3.8, 4) is 17.2 Å². The van der Waals surface area contributed by atoms with Gasteiger partial charge in [-0.1, -0.05) is 19.3 Å². The zero-order chi connectivity index (χ0) is 24.5. The number of carbonyl (C=O) groups excluding carboxylic acids is 3. The minimum Gasteiger partial charge on any atom is -0.493 e. The topological polar surface area (TPSA) is 94.2 Å². The second-order valence-electron chi connectivity index (χ2n) is 9.14. The van der Waals surface area contributed by atoms with Gasteiger partial charge in [0.05, 0.1) is 21.3 Å². The Morgan fingerprint density at radius 2 is 1.56 bits per heavy atom. The SMILES string of the molecule is COc1cc(CCCNC(=O)[C@@H]2CCCCN2C(=O)C(=O)C2CCCCC2)cc(OC)c1OC. The summed E-state index contributed by atoms with van der Waals surface area (Å²) in [4.78, 5) is 40.2. The summed E-state index contributed by atoms with van der Waals surface area (Å²) in [5, 5.41) is 2.97. The number of carbonyl (C=O) groups is 3. The van der Waals surface area contributed by atoms with Crippen molar-refractivity contribution >= 4 is 17.6 Å². The summed E-state index contributed by atoms with van der Waals surface area (Å²) < 4.78 is 16.2.